The van der Waals surface area contributed by atoms with Crippen LogP contribution in [0.3, 0.4) is 0 Å². The van der Waals surface area contributed by atoms with Crippen molar-refractivity contribution in [1.82, 2.24) is 4.90 Å². The highest BCUT2D eigenvalue weighted by atomic mass is 16.5. The maximum Gasteiger partial charge on any atom is 0.117 e. The second-order valence-corrected chi connectivity index (χ2v) is 5.11. The van der Waals surface area contributed by atoms with Gasteiger partial charge in [-0.05, 0) is 17.7 Å². The van der Waals surface area contributed by atoms with Crippen LogP contribution in [0.4, 0.5) is 0 Å². The fraction of sp³-hybridized carbons (Fsp3) is 0.333. The third kappa shape index (κ3) is 5.74. The first kappa shape index (κ1) is 16.3. The van der Waals surface area contributed by atoms with E-state index < -0.39 is 6.10 Å². The summed E-state index contributed by atoms with van der Waals surface area (Å²) in [6.07, 6.45) is 6.19. The second-order valence-electron chi connectivity index (χ2n) is 5.11. The Morgan fingerprint density at radius 2 is 2.00 bits per heavy atom. The molecule has 0 unspecified atom stereocenters. The van der Waals surface area contributed by atoms with Gasteiger partial charge in [0.1, 0.15) is 12.4 Å². The first-order valence-corrected chi connectivity index (χ1v) is 7.26. The number of hydrogen-bond donors (Lipinski definition) is 1. The minimum atomic E-state index is -0.591. The summed E-state index contributed by atoms with van der Waals surface area (Å²) in [5, 5.41) is 10.1. The molecular weight excluding hydrogens is 278 g/mol. The fourth-order valence-corrected chi connectivity index (χ4v) is 2.25. The van der Waals surface area contributed by atoms with Crippen molar-refractivity contribution in [2.75, 3.05) is 19.8 Å². The lowest BCUT2D eigenvalue weighted by Gasteiger charge is -2.24. The van der Waals surface area contributed by atoms with Crippen molar-refractivity contribution in [1.29, 1.82) is 0 Å². The van der Waals surface area contributed by atoms with E-state index >= 15 is 0 Å². The maximum atomic E-state index is 10.1. The highest BCUT2D eigenvalue weighted by molar-refractivity contribution is 5.14. The summed E-state index contributed by atoms with van der Waals surface area (Å²) in [6.45, 7) is 2.30. The summed E-state index contributed by atoms with van der Waals surface area (Å²) < 4.78 is 10.6. The molecule has 1 aromatic carbocycles. The lowest BCUT2D eigenvalue weighted by atomic mass is 10.2. The average Bonchev–Trinajstić information content (AvgIpc) is 3.01. The summed E-state index contributed by atoms with van der Waals surface area (Å²) in [4.78, 5) is 2.12. The van der Waals surface area contributed by atoms with Crippen LogP contribution in [0.2, 0.25) is 0 Å². The summed E-state index contributed by atoms with van der Waals surface area (Å²) in [5.74, 6) is 3.26. The molecule has 1 atom stereocenters. The lowest BCUT2D eigenvalue weighted by molar-refractivity contribution is 0.0230. The average molecular weight is 299 g/mol. The third-order valence-corrected chi connectivity index (χ3v) is 3.17. The Balaban J connectivity index is 1.93. The smallest absolute Gasteiger partial charge is 0.117 e. The van der Waals surface area contributed by atoms with Crippen LogP contribution in [-0.4, -0.2) is 35.9 Å². The van der Waals surface area contributed by atoms with Crippen LogP contribution in [-0.2, 0) is 17.8 Å². The first-order chi connectivity index (χ1) is 10.8. The number of furan rings is 1. The van der Waals surface area contributed by atoms with Gasteiger partial charge < -0.3 is 14.3 Å². The molecular formula is C18H21NO3. The van der Waals surface area contributed by atoms with Gasteiger partial charge in [-0.2, -0.15) is 0 Å². The number of benzene rings is 1. The molecule has 4 nitrogen and oxygen atoms in total. The van der Waals surface area contributed by atoms with Crippen molar-refractivity contribution >= 4 is 0 Å². The number of hydrogen-bond acceptors (Lipinski definition) is 4. The van der Waals surface area contributed by atoms with Crippen LogP contribution >= 0.6 is 0 Å². The monoisotopic (exact) mass is 299 g/mol. The van der Waals surface area contributed by atoms with Crippen molar-refractivity contribution in [3.8, 4) is 12.3 Å². The molecule has 1 heterocycles. The van der Waals surface area contributed by atoms with Crippen molar-refractivity contribution in [2.24, 2.45) is 0 Å². The predicted octanol–water partition coefficient (Wildman–Crippen LogP) is 2.29. The lowest BCUT2D eigenvalue weighted by Crippen LogP contribution is -2.34. The standard InChI is InChI=1S/C18H21NO3/c1-2-10-21-15-17(20)13-19(14-18-9-6-11-22-18)12-16-7-4-3-5-8-16/h1,3-9,11,17,20H,10,12-15H2/t17-/m1/s1. The topological polar surface area (TPSA) is 45.8 Å². The molecule has 0 saturated heterocycles. The van der Waals surface area contributed by atoms with E-state index in [0.29, 0.717) is 13.1 Å². The molecule has 0 aliphatic carbocycles. The Bertz CT molecular complexity index is 560. The Kier molecular flexibility index (Phi) is 6.72. The van der Waals surface area contributed by atoms with Gasteiger partial charge in [-0.15, -0.1) is 6.42 Å². The Morgan fingerprint density at radius 1 is 1.18 bits per heavy atom. The van der Waals surface area contributed by atoms with E-state index in [1.807, 2.05) is 30.3 Å². The van der Waals surface area contributed by atoms with E-state index in [0.717, 1.165) is 12.3 Å². The number of ether oxygens (including phenoxy) is 1. The van der Waals surface area contributed by atoms with Crippen molar-refractivity contribution < 1.29 is 14.3 Å². The van der Waals surface area contributed by atoms with Gasteiger partial charge in [0.05, 0.1) is 25.5 Å². The first-order valence-electron chi connectivity index (χ1n) is 7.26. The predicted molar refractivity (Wildman–Crippen MR) is 84.9 cm³/mol. The van der Waals surface area contributed by atoms with E-state index in [1.165, 1.54) is 5.56 Å². The van der Waals surface area contributed by atoms with Crippen LogP contribution in [0.5, 0.6) is 0 Å². The van der Waals surface area contributed by atoms with Crippen LogP contribution in [0.15, 0.2) is 53.1 Å². The van der Waals surface area contributed by atoms with E-state index in [4.69, 9.17) is 15.6 Å². The molecule has 4 heteroatoms. The van der Waals surface area contributed by atoms with Gasteiger partial charge in [-0.3, -0.25) is 4.90 Å². The number of aliphatic hydroxyl groups is 1. The summed E-state index contributed by atoms with van der Waals surface area (Å²) in [5.41, 5.74) is 1.19. The van der Waals surface area contributed by atoms with Gasteiger partial charge in [0.2, 0.25) is 0 Å². The molecule has 0 fully saturated rings. The molecule has 1 N–H and O–H groups in total. The van der Waals surface area contributed by atoms with E-state index in [1.54, 1.807) is 6.26 Å². The normalized spacial score (nSPS) is 12.2. The van der Waals surface area contributed by atoms with Crippen molar-refractivity contribution in [3.05, 3.63) is 60.1 Å². The molecule has 0 aliphatic heterocycles. The SMILES string of the molecule is C#CCOC[C@H](O)CN(Cc1ccccc1)Cc1ccco1. The molecule has 1 aromatic heterocycles. The van der Waals surface area contributed by atoms with E-state index in [2.05, 4.69) is 23.0 Å². The molecule has 0 amide bonds. The van der Waals surface area contributed by atoms with Gasteiger partial charge in [0.15, 0.2) is 0 Å². The Labute approximate surface area is 131 Å². The Hall–Kier alpha value is -2.06. The third-order valence-electron chi connectivity index (χ3n) is 3.17. The van der Waals surface area contributed by atoms with Crippen LogP contribution in [0, 0.1) is 12.3 Å². The quantitative estimate of drug-likeness (QED) is 0.570. The molecule has 0 bridgehead atoms. The van der Waals surface area contributed by atoms with Crippen LogP contribution in [0.1, 0.15) is 11.3 Å². The minimum absolute atomic E-state index is 0.216. The molecule has 116 valence electrons. The zero-order valence-electron chi connectivity index (χ0n) is 12.5. The molecule has 0 aliphatic rings. The van der Waals surface area contributed by atoms with E-state index in [-0.39, 0.29) is 13.2 Å². The van der Waals surface area contributed by atoms with Crippen LogP contribution in [0.25, 0.3) is 0 Å². The molecule has 22 heavy (non-hydrogen) atoms. The minimum Gasteiger partial charge on any atom is -0.468 e. The van der Waals surface area contributed by atoms with Crippen LogP contribution < -0.4 is 0 Å². The molecule has 0 saturated carbocycles. The van der Waals surface area contributed by atoms with Crippen molar-refractivity contribution in [3.63, 3.8) is 0 Å². The molecule has 2 rings (SSSR count). The highest BCUT2D eigenvalue weighted by Crippen LogP contribution is 2.11. The summed E-state index contributed by atoms with van der Waals surface area (Å²) in [6, 6.07) is 13.9. The molecule has 0 spiro atoms. The zero-order chi connectivity index (χ0) is 15.6. The maximum absolute atomic E-state index is 10.1. The molecule has 0 radical (unpaired) electrons. The van der Waals surface area contributed by atoms with E-state index in [9.17, 15) is 5.11 Å². The Morgan fingerprint density at radius 3 is 2.68 bits per heavy atom. The number of rotatable bonds is 9. The number of aliphatic hydroxyl groups excluding tert-OH is 1. The zero-order valence-corrected chi connectivity index (χ0v) is 12.5. The number of nitrogens with zero attached hydrogens (tertiary/aromatic N) is 1. The summed E-state index contributed by atoms with van der Waals surface area (Å²) >= 11 is 0. The summed E-state index contributed by atoms with van der Waals surface area (Å²) in [7, 11) is 0. The van der Waals surface area contributed by atoms with Gasteiger partial charge in [0.25, 0.3) is 0 Å². The van der Waals surface area contributed by atoms with Gasteiger partial charge >= 0.3 is 0 Å². The molecule has 2 aromatic rings. The van der Waals surface area contributed by atoms with Crippen molar-refractivity contribution in [2.45, 2.75) is 19.2 Å². The van der Waals surface area contributed by atoms with Gasteiger partial charge in [-0.1, -0.05) is 36.3 Å². The number of terminal acetylenes is 1. The second kappa shape index (κ2) is 9.06. The van der Waals surface area contributed by atoms with Gasteiger partial charge in [0, 0.05) is 13.1 Å². The highest BCUT2D eigenvalue weighted by Gasteiger charge is 2.14. The van der Waals surface area contributed by atoms with Gasteiger partial charge in [-0.25, -0.2) is 0 Å². The fourth-order valence-electron chi connectivity index (χ4n) is 2.25. The largest absolute Gasteiger partial charge is 0.468 e.